The van der Waals surface area contributed by atoms with Crippen LogP contribution in [0.2, 0.25) is 5.02 Å². The normalized spacial score (nSPS) is 16.2. The van der Waals surface area contributed by atoms with Gasteiger partial charge < -0.3 is 15.0 Å². The quantitative estimate of drug-likeness (QED) is 0.737. The first-order valence-electron chi connectivity index (χ1n) is 9.55. The summed E-state index contributed by atoms with van der Waals surface area (Å²) in [5, 5.41) is 3.19. The van der Waals surface area contributed by atoms with E-state index in [1.54, 1.807) is 29.2 Å². The molecule has 6 nitrogen and oxygen atoms in total. The SMILES string of the molecule is O=C(CNC(=O)C1CCCN(C(=O)c2ccc(Cl)cc2)C1)OCc1ccccc1. The summed E-state index contributed by atoms with van der Waals surface area (Å²) in [4.78, 5) is 38.6. The Labute approximate surface area is 174 Å². The number of piperidine rings is 1. The number of amides is 2. The highest BCUT2D eigenvalue weighted by Crippen LogP contribution is 2.20. The number of halogens is 1. The van der Waals surface area contributed by atoms with Crippen molar-refractivity contribution in [3.05, 3.63) is 70.7 Å². The fraction of sp³-hybridized carbons (Fsp3) is 0.318. The lowest BCUT2D eigenvalue weighted by Gasteiger charge is -2.32. The second kappa shape index (κ2) is 10.1. The summed E-state index contributed by atoms with van der Waals surface area (Å²) in [5.74, 6) is -1.20. The highest BCUT2D eigenvalue weighted by atomic mass is 35.5. The van der Waals surface area contributed by atoms with Gasteiger partial charge in [0.2, 0.25) is 5.91 Å². The molecule has 1 aliphatic heterocycles. The van der Waals surface area contributed by atoms with Gasteiger partial charge in [-0.05, 0) is 42.7 Å². The topological polar surface area (TPSA) is 75.7 Å². The van der Waals surface area contributed by atoms with E-state index in [1.165, 1.54) is 0 Å². The van der Waals surface area contributed by atoms with Gasteiger partial charge in [0.05, 0.1) is 5.92 Å². The third kappa shape index (κ3) is 6.06. The van der Waals surface area contributed by atoms with Crippen LogP contribution < -0.4 is 5.32 Å². The van der Waals surface area contributed by atoms with E-state index in [9.17, 15) is 14.4 Å². The molecule has 1 saturated heterocycles. The molecule has 0 saturated carbocycles. The van der Waals surface area contributed by atoms with E-state index in [1.807, 2.05) is 30.3 Å². The lowest BCUT2D eigenvalue weighted by molar-refractivity contribution is -0.145. The van der Waals surface area contributed by atoms with Crippen molar-refractivity contribution < 1.29 is 19.1 Å². The molecule has 152 valence electrons. The van der Waals surface area contributed by atoms with Gasteiger partial charge in [0.15, 0.2) is 0 Å². The van der Waals surface area contributed by atoms with Crippen molar-refractivity contribution in [2.75, 3.05) is 19.6 Å². The van der Waals surface area contributed by atoms with Crippen LogP contribution in [-0.4, -0.2) is 42.3 Å². The number of nitrogens with one attached hydrogen (secondary N) is 1. The number of ether oxygens (including phenoxy) is 1. The van der Waals surface area contributed by atoms with Crippen LogP contribution in [0.1, 0.15) is 28.8 Å². The molecule has 1 unspecified atom stereocenters. The van der Waals surface area contributed by atoms with Crippen LogP contribution in [0.3, 0.4) is 0 Å². The molecule has 0 radical (unpaired) electrons. The number of carbonyl (C=O) groups is 3. The van der Waals surface area contributed by atoms with E-state index in [-0.39, 0.29) is 30.9 Å². The first-order chi connectivity index (χ1) is 14.0. The van der Waals surface area contributed by atoms with Crippen LogP contribution in [0.15, 0.2) is 54.6 Å². The maximum absolute atomic E-state index is 12.6. The van der Waals surface area contributed by atoms with Gasteiger partial charge in [0, 0.05) is 23.7 Å². The Bertz CT molecular complexity index is 855. The fourth-order valence-corrected chi connectivity index (χ4v) is 3.37. The monoisotopic (exact) mass is 414 g/mol. The van der Waals surface area contributed by atoms with Gasteiger partial charge in [-0.25, -0.2) is 0 Å². The zero-order chi connectivity index (χ0) is 20.6. The highest BCUT2D eigenvalue weighted by molar-refractivity contribution is 6.30. The molecule has 0 spiro atoms. The lowest BCUT2D eigenvalue weighted by atomic mass is 9.96. The summed E-state index contributed by atoms with van der Waals surface area (Å²) in [6.45, 7) is 0.909. The van der Waals surface area contributed by atoms with E-state index in [0.29, 0.717) is 30.1 Å². The Morgan fingerprint density at radius 1 is 1.07 bits per heavy atom. The third-order valence-electron chi connectivity index (χ3n) is 4.82. The molecule has 0 aliphatic carbocycles. The summed E-state index contributed by atoms with van der Waals surface area (Å²) in [6, 6.07) is 16.0. The highest BCUT2D eigenvalue weighted by Gasteiger charge is 2.29. The molecule has 1 heterocycles. The maximum atomic E-state index is 12.6. The van der Waals surface area contributed by atoms with Gasteiger partial charge in [0.25, 0.3) is 5.91 Å². The molecule has 3 rings (SSSR count). The summed E-state index contributed by atoms with van der Waals surface area (Å²) < 4.78 is 5.16. The first-order valence-corrected chi connectivity index (χ1v) is 9.93. The number of carbonyl (C=O) groups excluding carboxylic acids is 3. The number of likely N-dealkylation sites (tertiary alicyclic amines) is 1. The largest absolute Gasteiger partial charge is 0.460 e. The van der Waals surface area contributed by atoms with Crippen LogP contribution in [0.25, 0.3) is 0 Å². The van der Waals surface area contributed by atoms with Crippen molar-refractivity contribution in [3.8, 4) is 0 Å². The zero-order valence-electron chi connectivity index (χ0n) is 16.0. The summed E-state index contributed by atoms with van der Waals surface area (Å²) >= 11 is 5.87. The molecule has 29 heavy (non-hydrogen) atoms. The lowest BCUT2D eigenvalue weighted by Crippen LogP contribution is -2.46. The van der Waals surface area contributed by atoms with Crippen molar-refractivity contribution in [1.29, 1.82) is 0 Å². The minimum atomic E-state index is -0.493. The minimum Gasteiger partial charge on any atom is -0.460 e. The molecule has 1 atom stereocenters. The molecule has 2 amide bonds. The molecule has 0 bridgehead atoms. The molecule has 2 aromatic rings. The predicted molar refractivity (Wildman–Crippen MR) is 109 cm³/mol. The predicted octanol–water partition coefficient (Wildman–Crippen LogP) is 3.05. The van der Waals surface area contributed by atoms with Gasteiger partial charge in [0.1, 0.15) is 13.2 Å². The molecule has 1 N–H and O–H groups in total. The molecular formula is C22H23ClN2O4. The second-order valence-corrected chi connectivity index (χ2v) is 7.40. The van der Waals surface area contributed by atoms with E-state index >= 15 is 0 Å². The standard InChI is InChI=1S/C22H23ClN2O4/c23-19-10-8-17(9-11-19)22(28)25-12-4-7-18(14-25)21(27)24-13-20(26)29-15-16-5-2-1-3-6-16/h1-3,5-6,8-11,18H,4,7,12-15H2,(H,24,27). The van der Waals surface area contributed by atoms with Crippen LogP contribution in [0, 0.1) is 5.92 Å². The average Bonchev–Trinajstić information content (AvgIpc) is 2.77. The van der Waals surface area contributed by atoms with Crippen LogP contribution >= 0.6 is 11.6 Å². The first kappa shape index (κ1) is 20.9. The number of nitrogens with zero attached hydrogens (tertiary/aromatic N) is 1. The Balaban J connectivity index is 1.46. The Hall–Kier alpha value is -2.86. The minimum absolute atomic E-state index is 0.124. The van der Waals surface area contributed by atoms with Crippen LogP contribution in [0.5, 0.6) is 0 Å². The van der Waals surface area contributed by atoms with E-state index in [4.69, 9.17) is 16.3 Å². The Morgan fingerprint density at radius 3 is 2.52 bits per heavy atom. The van der Waals surface area contributed by atoms with E-state index in [0.717, 1.165) is 12.0 Å². The van der Waals surface area contributed by atoms with Crippen molar-refractivity contribution in [3.63, 3.8) is 0 Å². The van der Waals surface area contributed by atoms with Gasteiger partial charge in [-0.1, -0.05) is 41.9 Å². The van der Waals surface area contributed by atoms with Gasteiger partial charge >= 0.3 is 5.97 Å². The van der Waals surface area contributed by atoms with E-state index < -0.39 is 5.97 Å². The number of hydrogen-bond donors (Lipinski definition) is 1. The van der Waals surface area contributed by atoms with Crippen LogP contribution in [-0.2, 0) is 20.9 Å². The zero-order valence-corrected chi connectivity index (χ0v) is 16.7. The maximum Gasteiger partial charge on any atom is 0.325 e. The summed E-state index contributed by atoms with van der Waals surface area (Å²) in [6.07, 6.45) is 1.41. The smallest absolute Gasteiger partial charge is 0.325 e. The van der Waals surface area contributed by atoms with Crippen molar-refractivity contribution in [2.45, 2.75) is 19.4 Å². The number of hydrogen-bond acceptors (Lipinski definition) is 4. The Kier molecular flexibility index (Phi) is 7.25. The van der Waals surface area contributed by atoms with Crippen molar-refractivity contribution in [2.24, 2.45) is 5.92 Å². The van der Waals surface area contributed by atoms with E-state index in [2.05, 4.69) is 5.32 Å². The molecule has 0 aromatic heterocycles. The van der Waals surface area contributed by atoms with Gasteiger partial charge in [-0.3, -0.25) is 14.4 Å². The summed E-state index contributed by atoms with van der Waals surface area (Å²) in [5.41, 5.74) is 1.43. The number of benzene rings is 2. The molecular weight excluding hydrogens is 392 g/mol. The number of esters is 1. The molecule has 7 heteroatoms. The Morgan fingerprint density at radius 2 is 1.79 bits per heavy atom. The molecule has 1 aliphatic rings. The third-order valence-corrected chi connectivity index (χ3v) is 5.07. The van der Waals surface area contributed by atoms with Gasteiger partial charge in [-0.2, -0.15) is 0 Å². The summed E-state index contributed by atoms with van der Waals surface area (Å²) in [7, 11) is 0. The van der Waals surface area contributed by atoms with Crippen molar-refractivity contribution in [1.82, 2.24) is 10.2 Å². The average molecular weight is 415 g/mol. The van der Waals surface area contributed by atoms with Crippen molar-refractivity contribution >= 4 is 29.4 Å². The molecule has 2 aromatic carbocycles. The number of rotatable bonds is 6. The second-order valence-electron chi connectivity index (χ2n) is 6.96. The molecule has 1 fully saturated rings. The fourth-order valence-electron chi connectivity index (χ4n) is 3.24. The van der Waals surface area contributed by atoms with Crippen LogP contribution in [0.4, 0.5) is 0 Å². The van der Waals surface area contributed by atoms with Gasteiger partial charge in [-0.15, -0.1) is 0 Å².